The third kappa shape index (κ3) is 6.50. The van der Waals surface area contributed by atoms with Crippen molar-refractivity contribution >= 4 is 57.3 Å². The number of carbonyl (C=O) groups is 2. The average molecular weight is 438 g/mol. The van der Waals surface area contributed by atoms with E-state index in [4.69, 9.17) is 16.3 Å². The quantitative estimate of drug-likeness (QED) is 0.351. The van der Waals surface area contributed by atoms with Gasteiger partial charge in [0.2, 0.25) is 11.0 Å². The summed E-state index contributed by atoms with van der Waals surface area (Å²) >= 11 is 6.89. The van der Waals surface area contributed by atoms with Crippen LogP contribution in [0.3, 0.4) is 0 Å². The molecule has 10 heteroatoms. The van der Waals surface area contributed by atoms with Gasteiger partial charge in [0.15, 0.2) is 11.4 Å². The predicted molar refractivity (Wildman–Crippen MR) is 117 cm³/mol. The van der Waals surface area contributed by atoms with Gasteiger partial charge in [0.05, 0.1) is 18.5 Å². The summed E-state index contributed by atoms with van der Waals surface area (Å²) in [6.07, 6.45) is 3.86. The van der Waals surface area contributed by atoms with Crippen LogP contribution in [-0.4, -0.2) is 30.3 Å². The van der Waals surface area contributed by atoms with Gasteiger partial charge in [-0.1, -0.05) is 42.7 Å². The molecule has 2 aromatic rings. The fraction of sp³-hybridized carbons (Fsp3) is 0.421. The number of ether oxygens (including phenoxy) is 1. The molecule has 0 bridgehead atoms. The molecule has 0 saturated carbocycles. The number of halogens is 1. The molecule has 0 spiro atoms. The standard InChI is InChI=1S/C19H24ClN5O3S/c1-5-6-7-11(2)21-15-8-13(22-12(3)27)14(9-16(15)28-4)24-25-19-23-18(20)17(10-26)29-19/h8-11,21H,5-7H2,1-4H3,(H,22,27). The number of amides is 1. The Morgan fingerprint density at radius 3 is 2.72 bits per heavy atom. The third-order valence-corrected chi connectivity index (χ3v) is 5.23. The number of aldehydes is 1. The molecule has 1 amide bonds. The molecule has 0 aliphatic carbocycles. The van der Waals surface area contributed by atoms with Crippen molar-refractivity contribution in [2.75, 3.05) is 17.7 Å². The van der Waals surface area contributed by atoms with E-state index in [1.165, 1.54) is 6.92 Å². The lowest BCUT2D eigenvalue weighted by atomic mass is 10.1. The zero-order valence-corrected chi connectivity index (χ0v) is 18.4. The van der Waals surface area contributed by atoms with Gasteiger partial charge in [-0.25, -0.2) is 4.98 Å². The molecule has 1 atom stereocenters. The summed E-state index contributed by atoms with van der Waals surface area (Å²) in [6.45, 7) is 5.66. The van der Waals surface area contributed by atoms with Gasteiger partial charge in [-0.05, 0) is 19.4 Å². The minimum Gasteiger partial charge on any atom is -0.495 e. The Morgan fingerprint density at radius 1 is 1.38 bits per heavy atom. The van der Waals surface area contributed by atoms with Gasteiger partial charge in [0, 0.05) is 19.0 Å². The maximum atomic E-state index is 11.7. The third-order valence-electron chi connectivity index (χ3n) is 3.97. The van der Waals surface area contributed by atoms with E-state index in [2.05, 4.69) is 39.7 Å². The summed E-state index contributed by atoms with van der Waals surface area (Å²) in [7, 11) is 1.56. The highest BCUT2D eigenvalue weighted by atomic mass is 35.5. The average Bonchev–Trinajstić information content (AvgIpc) is 3.05. The number of carbonyl (C=O) groups excluding carboxylic acids is 2. The number of anilines is 2. The fourth-order valence-corrected chi connectivity index (χ4v) is 3.47. The minimum atomic E-state index is -0.239. The van der Waals surface area contributed by atoms with Crippen LogP contribution < -0.4 is 15.4 Å². The Bertz CT molecular complexity index is 900. The van der Waals surface area contributed by atoms with Gasteiger partial charge in [-0.15, -0.1) is 10.2 Å². The molecule has 0 aliphatic heterocycles. The number of unbranched alkanes of at least 4 members (excludes halogenated alkanes) is 1. The molecule has 156 valence electrons. The molecule has 0 radical (unpaired) electrons. The Kier molecular flexibility index (Phi) is 8.53. The van der Waals surface area contributed by atoms with Gasteiger partial charge < -0.3 is 15.4 Å². The van der Waals surface area contributed by atoms with Crippen molar-refractivity contribution in [3.63, 3.8) is 0 Å². The Balaban J connectivity index is 2.37. The molecule has 29 heavy (non-hydrogen) atoms. The summed E-state index contributed by atoms with van der Waals surface area (Å²) in [5.41, 5.74) is 1.62. The predicted octanol–water partition coefficient (Wildman–Crippen LogP) is 5.98. The van der Waals surface area contributed by atoms with Crippen molar-refractivity contribution in [2.24, 2.45) is 10.2 Å². The number of thiazole rings is 1. The van der Waals surface area contributed by atoms with Gasteiger partial charge in [0.1, 0.15) is 16.3 Å². The minimum absolute atomic E-state index is 0.0826. The molecule has 2 N–H and O–H groups in total. The lowest BCUT2D eigenvalue weighted by molar-refractivity contribution is -0.114. The molecule has 1 heterocycles. The number of azo groups is 1. The highest BCUT2D eigenvalue weighted by Crippen LogP contribution is 2.38. The topological polar surface area (TPSA) is 105 Å². The Hall–Kier alpha value is -2.52. The first-order valence-corrected chi connectivity index (χ1v) is 10.4. The first-order valence-electron chi connectivity index (χ1n) is 9.17. The number of aromatic nitrogens is 1. The van der Waals surface area contributed by atoms with E-state index in [-0.39, 0.29) is 27.1 Å². The van der Waals surface area contributed by atoms with Crippen LogP contribution in [0.5, 0.6) is 5.75 Å². The summed E-state index contributed by atoms with van der Waals surface area (Å²) in [5, 5.41) is 14.7. The number of methoxy groups -OCH3 is 1. The molecule has 1 aromatic heterocycles. The molecule has 1 unspecified atom stereocenters. The second kappa shape index (κ2) is 10.9. The highest BCUT2D eigenvalue weighted by molar-refractivity contribution is 7.17. The van der Waals surface area contributed by atoms with Gasteiger partial charge >= 0.3 is 0 Å². The molecular weight excluding hydrogens is 414 g/mol. The van der Waals surface area contributed by atoms with Crippen LogP contribution in [0.2, 0.25) is 5.15 Å². The zero-order valence-electron chi connectivity index (χ0n) is 16.8. The van der Waals surface area contributed by atoms with Crippen LogP contribution in [0.4, 0.5) is 22.2 Å². The van der Waals surface area contributed by atoms with E-state index >= 15 is 0 Å². The fourth-order valence-electron chi connectivity index (χ4n) is 2.59. The smallest absolute Gasteiger partial charge is 0.232 e. The number of hydrogen-bond donors (Lipinski definition) is 2. The summed E-state index contributed by atoms with van der Waals surface area (Å²) in [6, 6.07) is 3.68. The molecular formula is C19H24ClN5O3S. The molecule has 0 fully saturated rings. The van der Waals surface area contributed by atoms with Crippen molar-refractivity contribution in [3.05, 3.63) is 22.2 Å². The van der Waals surface area contributed by atoms with Crippen molar-refractivity contribution in [3.8, 4) is 5.75 Å². The van der Waals surface area contributed by atoms with E-state index in [1.54, 1.807) is 19.2 Å². The maximum Gasteiger partial charge on any atom is 0.232 e. The van der Waals surface area contributed by atoms with E-state index in [0.29, 0.717) is 23.4 Å². The summed E-state index contributed by atoms with van der Waals surface area (Å²) < 4.78 is 5.49. The van der Waals surface area contributed by atoms with Crippen molar-refractivity contribution < 1.29 is 14.3 Å². The second-order valence-corrected chi connectivity index (χ2v) is 7.77. The number of hydrogen-bond acceptors (Lipinski definition) is 8. The lowest BCUT2D eigenvalue weighted by Gasteiger charge is -2.19. The molecule has 0 aliphatic rings. The highest BCUT2D eigenvalue weighted by Gasteiger charge is 2.14. The SMILES string of the molecule is CCCCC(C)Nc1cc(NC(C)=O)c(N=Nc2nc(Cl)c(C=O)s2)cc1OC. The summed E-state index contributed by atoms with van der Waals surface area (Å²) in [4.78, 5) is 26.8. The lowest BCUT2D eigenvalue weighted by Crippen LogP contribution is -2.16. The van der Waals surface area contributed by atoms with Crippen LogP contribution in [0.15, 0.2) is 22.4 Å². The van der Waals surface area contributed by atoms with Crippen LogP contribution in [0.1, 0.15) is 49.7 Å². The number of nitrogens with zero attached hydrogens (tertiary/aromatic N) is 3. The molecule has 1 aromatic carbocycles. The van der Waals surface area contributed by atoms with Gasteiger partial charge in [-0.2, -0.15) is 0 Å². The van der Waals surface area contributed by atoms with Crippen molar-refractivity contribution in [1.29, 1.82) is 0 Å². The number of nitrogens with one attached hydrogen (secondary N) is 2. The van der Waals surface area contributed by atoms with Crippen molar-refractivity contribution in [1.82, 2.24) is 4.98 Å². The monoisotopic (exact) mass is 437 g/mol. The van der Waals surface area contributed by atoms with E-state index in [9.17, 15) is 9.59 Å². The Morgan fingerprint density at radius 2 is 2.14 bits per heavy atom. The van der Waals surface area contributed by atoms with Crippen LogP contribution in [0, 0.1) is 0 Å². The first kappa shape index (κ1) is 22.8. The van der Waals surface area contributed by atoms with Crippen molar-refractivity contribution in [2.45, 2.75) is 46.1 Å². The van der Waals surface area contributed by atoms with E-state index in [0.717, 1.165) is 36.3 Å². The number of rotatable bonds is 10. The van der Waals surface area contributed by atoms with Crippen LogP contribution >= 0.6 is 22.9 Å². The first-order chi connectivity index (χ1) is 13.9. The summed E-state index contributed by atoms with van der Waals surface area (Å²) in [5.74, 6) is 0.333. The van der Waals surface area contributed by atoms with Crippen LogP contribution in [-0.2, 0) is 4.79 Å². The normalized spacial score (nSPS) is 12.0. The molecule has 2 rings (SSSR count). The maximum absolute atomic E-state index is 11.7. The van der Waals surface area contributed by atoms with Gasteiger partial charge in [0.25, 0.3) is 0 Å². The number of benzene rings is 1. The zero-order chi connectivity index (χ0) is 21.4. The molecule has 8 nitrogen and oxygen atoms in total. The van der Waals surface area contributed by atoms with Gasteiger partial charge in [-0.3, -0.25) is 9.59 Å². The van der Waals surface area contributed by atoms with Crippen LogP contribution in [0.25, 0.3) is 0 Å². The second-order valence-electron chi connectivity index (χ2n) is 6.41. The van der Waals surface area contributed by atoms with E-state index < -0.39 is 0 Å². The Labute approximate surface area is 178 Å². The van der Waals surface area contributed by atoms with E-state index in [1.807, 2.05) is 0 Å². The molecule has 0 saturated heterocycles. The largest absolute Gasteiger partial charge is 0.495 e.